The van der Waals surface area contributed by atoms with Crippen molar-refractivity contribution in [1.82, 2.24) is 9.88 Å². The standard InChI is InChI=1S/C16H17ClN2O/c1-11-7-9-19(15(11)10-17)16(20)13-6-8-18-14-5-3-2-4-12(13)14/h2-6,8,11,15H,7,9-10H2,1H3. The maximum atomic E-state index is 12.8. The highest BCUT2D eigenvalue weighted by molar-refractivity contribution is 6.18. The molecule has 0 saturated carbocycles. The summed E-state index contributed by atoms with van der Waals surface area (Å²) >= 11 is 6.04. The minimum atomic E-state index is 0.0681. The van der Waals surface area contributed by atoms with Crippen molar-refractivity contribution in [1.29, 1.82) is 0 Å². The Kier molecular flexibility index (Phi) is 3.62. The van der Waals surface area contributed by atoms with Gasteiger partial charge in [0, 0.05) is 30.0 Å². The van der Waals surface area contributed by atoms with Gasteiger partial charge in [-0.25, -0.2) is 0 Å². The van der Waals surface area contributed by atoms with Crippen LogP contribution in [0.5, 0.6) is 0 Å². The third-order valence-corrected chi connectivity index (χ3v) is 4.50. The zero-order valence-corrected chi connectivity index (χ0v) is 12.2. The number of alkyl halides is 1. The molecule has 2 unspecified atom stereocenters. The summed E-state index contributed by atoms with van der Waals surface area (Å²) in [4.78, 5) is 19.0. The minimum Gasteiger partial charge on any atom is -0.334 e. The summed E-state index contributed by atoms with van der Waals surface area (Å²) in [6, 6.07) is 9.69. The van der Waals surface area contributed by atoms with Gasteiger partial charge in [0.15, 0.2) is 0 Å². The molecule has 1 fully saturated rings. The van der Waals surface area contributed by atoms with Crippen LogP contribution in [0.2, 0.25) is 0 Å². The Hall–Kier alpha value is -1.61. The number of rotatable bonds is 2. The van der Waals surface area contributed by atoms with Crippen LogP contribution in [0.1, 0.15) is 23.7 Å². The van der Waals surface area contributed by atoms with E-state index in [0.717, 1.165) is 29.4 Å². The highest BCUT2D eigenvalue weighted by atomic mass is 35.5. The summed E-state index contributed by atoms with van der Waals surface area (Å²) < 4.78 is 0. The number of carbonyl (C=O) groups is 1. The van der Waals surface area contributed by atoms with E-state index in [1.54, 1.807) is 12.3 Å². The number of hydrogen-bond donors (Lipinski definition) is 0. The fourth-order valence-electron chi connectivity index (χ4n) is 2.93. The van der Waals surface area contributed by atoms with Crippen LogP contribution in [0.3, 0.4) is 0 Å². The van der Waals surface area contributed by atoms with Gasteiger partial charge in [0.2, 0.25) is 0 Å². The van der Waals surface area contributed by atoms with Crippen molar-refractivity contribution >= 4 is 28.4 Å². The summed E-state index contributed by atoms with van der Waals surface area (Å²) in [5.41, 5.74) is 1.58. The van der Waals surface area contributed by atoms with Crippen LogP contribution in [0.15, 0.2) is 36.5 Å². The van der Waals surface area contributed by atoms with Crippen molar-refractivity contribution < 1.29 is 4.79 Å². The smallest absolute Gasteiger partial charge is 0.254 e. The Labute approximate surface area is 123 Å². The SMILES string of the molecule is CC1CCN(C(=O)c2ccnc3ccccc23)C1CCl. The van der Waals surface area contributed by atoms with Gasteiger partial charge in [-0.2, -0.15) is 0 Å². The van der Waals surface area contributed by atoms with Crippen LogP contribution in [0.25, 0.3) is 10.9 Å². The first-order valence-electron chi connectivity index (χ1n) is 6.93. The third-order valence-electron chi connectivity index (χ3n) is 4.18. The molecule has 3 nitrogen and oxygen atoms in total. The van der Waals surface area contributed by atoms with Crippen molar-refractivity contribution in [3.8, 4) is 0 Å². The highest BCUT2D eigenvalue weighted by Crippen LogP contribution is 2.28. The Balaban J connectivity index is 2.01. The van der Waals surface area contributed by atoms with Gasteiger partial charge in [-0.15, -0.1) is 11.6 Å². The van der Waals surface area contributed by atoms with E-state index in [1.165, 1.54) is 0 Å². The summed E-state index contributed by atoms with van der Waals surface area (Å²) in [5, 5.41) is 0.910. The van der Waals surface area contributed by atoms with E-state index >= 15 is 0 Å². The summed E-state index contributed by atoms with van der Waals surface area (Å²) in [5.74, 6) is 1.03. The molecular weight excluding hydrogens is 272 g/mol. The van der Waals surface area contributed by atoms with Crippen molar-refractivity contribution in [2.24, 2.45) is 5.92 Å². The second-order valence-electron chi connectivity index (χ2n) is 5.36. The van der Waals surface area contributed by atoms with Gasteiger partial charge in [-0.3, -0.25) is 9.78 Å². The first-order valence-corrected chi connectivity index (χ1v) is 7.46. The number of fused-ring (bicyclic) bond motifs is 1. The Bertz CT molecular complexity index is 638. The average molecular weight is 289 g/mol. The maximum absolute atomic E-state index is 12.8. The fraction of sp³-hybridized carbons (Fsp3) is 0.375. The zero-order chi connectivity index (χ0) is 14.1. The number of halogens is 1. The molecule has 1 aliphatic heterocycles. The van der Waals surface area contributed by atoms with Crippen molar-refractivity contribution in [2.75, 3.05) is 12.4 Å². The number of likely N-dealkylation sites (tertiary alicyclic amines) is 1. The van der Waals surface area contributed by atoms with E-state index in [2.05, 4.69) is 11.9 Å². The first kappa shape index (κ1) is 13.4. The molecule has 2 heterocycles. The second kappa shape index (κ2) is 5.41. The van der Waals surface area contributed by atoms with E-state index in [9.17, 15) is 4.79 Å². The third kappa shape index (κ3) is 2.16. The topological polar surface area (TPSA) is 33.2 Å². The number of benzene rings is 1. The Morgan fingerprint density at radius 3 is 3.00 bits per heavy atom. The molecule has 0 aliphatic carbocycles. The predicted octanol–water partition coefficient (Wildman–Crippen LogP) is 3.32. The molecule has 0 radical (unpaired) electrons. The molecule has 2 aromatic rings. The lowest BCUT2D eigenvalue weighted by molar-refractivity contribution is 0.0739. The maximum Gasteiger partial charge on any atom is 0.254 e. The lowest BCUT2D eigenvalue weighted by Gasteiger charge is -2.25. The van der Waals surface area contributed by atoms with E-state index in [-0.39, 0.29) is 11.9 Å². The molecule has 1 amide bonds. The van der Waals surface area contributed by atoms with Gasteiger partial charge < -0.3 is 4.90 Å². The number of carbonyl (C=O) groups excluding carboxylic acids is 1. The summed E-state index contributed by atoms with van der Waals surface area (Å²) in [6.45, 7) is 2.94. The van der Waals surface area contributed by atoms with Crippen LogP contribution < -0.4 is 0 Å². The van der Waals surface area contributed by atoms with Crippen molar-refractivity contribution in [2.45, 2.75) is 19.4 Å². The summed E-state index contributed by atoms with van der Waals surface area (Å²) in [7, 11) is 0. The predicted molar refractivity (Wildman–Crippen MR) is 81.1 cm³/mol. The average Bonchev–Trinajstić information content (AvgIpc) is 2.86. The minimum absolute atomic E-state index is 0.0681. The largest absolute Gasteiger partial charge is 0.334 e. The van der Waals surface area contributed by atoms with Crippen LogP contribution in [-0.4, -0.2) is 34.3 Å². The highest BCUT2D eigenvalue weighted by Gasteiger charge is 2.34. The first-order chi connectivity index (χ1) is 9.72. The van der Waals surface area contributed by atoms with E-state index in [1.807, 2.05) is 29.2 Å². The van der Waals surface area contributed by atoms with Crippen LogP contribution in [-0.2, 0) is 0 Å². The molecule has 1 aromatic heterocycles. The molecule has 2 atom stereocenters. The number of hydrogen-bond acceptors (Lipinski definition) is 2. The monoisotopic (exact) mass is 288 g/mol. The molecule has 3 rings (SSSR count). The summed E-state index contributed by atoms with van der Waals surface area (Å²) in [6.07, 6.45) is 2.72. The van der Waals surface area contributed by atoms with Crippen molar-refractivity contribution in [3.05, 3.63) is 42.1 Å². The van der Waals surface area contributed by atoms with E-state index in [0.29, 0.717) is 11.8 Å². The Morgan fingerprint density at radius 2 is 2.20 bits per heavy atom. The van der Waals surface area contributed by atoms with Crippen LogP contribution >= 0.6 is 11.6 Å². The number of amides is 1. The lowest BCUT2D eigenvalue weighted by Crippen LogP contribution is -2.38. The quantitative estimate of drug-likeness (QED) is 0.794. The van der Waals surface area contributed by atoms with Gasteiger partial charge >= 0.3 is 0 Å². The van der Waals surface area contributed by atoms with Gasteiger partial charge in [-0.1, -0.05) is 25.1 Å². The fourth-order valence-corrected chi connectivity index (χ4v) is 3.40. The van der Waals surface area contributed by atoms with Gasteiger partial charge in [0.1, 0.15) is 0 Å². The van der Waals surface area contributed by atoms with E-state index < -0.39 is 0 Å². The van der Waals surface area contributed by atoms with Gasteiger partial charge in [0.25, 0.3) is 5.91 Å². The van der Waals surface area contributed by atoms with E-state index in [4.69, 9.17) is 11.6 Å². The molecule has 0 N–H and O–H groups in total. The normalized spacial score (nSPS) is 22.4. The molecule has 20 heavy (non-hydrogen) atoms. The number of pyridine rings is 1. The molecule has 1 saturated heterocycles. The zero-order valence-electron chi connectivity index (χ0n) is 11.4. The molecule has 0 bridgehead atoms. The molecule has 1 aromatic carbocycles. The molecule has 0 spiro atoms. The second-order valence-corrected chi connectivity index (χ2v) is 5.67. The van der Waals surface area contributed by atoms with Gasteiger partial charge in [0.05, 0.1) is 11.1 Å². The number of para-hydroxylation sites is 1. The molecule has 4 heteroatoms. The van der Waals surface area contributed by atoms with Crippen LogP contribution in [0.4, 0.5) is 0 Å². The van der Waals surface area contributed by atoms with Gasteiger partial charge in [-0.05, 0) is 24.5 Å². The van der Waals surface area contributed by atoms with Crippen molar-refractivity contribution in [3.63, 3.8) is 0 Å². The molecular formula is C16H17ClN2O. The van der Waals surface area contributed by atoms with Crippen LogP contribution in [0, 0.1) is 5.92 Å². The number of nitrogens with zero attached hydrogens (tertiary/aromatic N) is 2. The molecule has 1 aliphatic rings. The number of aromatic nitrogens is 1. The molecule has 104 valence electrons. The lowest BCUT2D eigenvalue weighted by atomic mass is 10.0. The Morgan fingerprint density at radius 1 is 1.40 bits per heavy atom.